The van der Waals surface area contributed by atoms with E-state index in [9.17, 15) is 4.79 Å². The minimum atomic E-state index is -0.261. The molecule has 30 heavy (non-hydrogen) atoms. The molecule has 0 spiro atoms. The maximum absolute atomic E-state index is 12.6. The zero-order valence-electron chi connectivity index (χ0n) is 16.8. The molecule has 0 saturated carbocycles. The van der Waals surface area contributed by atoms with Gasteiger partial charge in [0.15, 0.2) is 17.3 Å². The van der Waals surface area contributed by atoms with Gasteiger partial charge in [-0.05, 0) is 63.2 Å². The Kier molecular flexibility index (Phi) is 4.92. The Bertz CT molecular complexity index is 1080. The molecule has 1 fully saturated rings. The number of aromatic nitrogens is 2. The van der Waals surface area contributed by atoms with Gasteiger partial charge in [-0.3, -0.25) is 9.89 Å². The van der Waals surface area contributed by atoms with Crippen LogP contribution in [-0.2, 0) is 0 Å². The standard InChI is InChI=1S/C22H24N4O4/c1-26-9-2-3-15(26)8-10-28-16-5-6-17-18(12-16)24-25-21(17)23-22(27)14-4-7-19-20(11-14)30-13-29-19/h4-7,11-12,15H,2-3,8-10,13H2,1H3,(H2,23,24,25,27). The van der Waals surface area contributed by atoms with Gasteiger partial charge in [0.05, 0.1) is 12.1 Å². The smallest absolute Gasteiger partial charge is 0.257 e. The fourth-order valence-corrected chi connectivity index (χ4v) is 4.06. The number of aromatic amines is 1. The molecule has 5 rings (SSSR count). The van der Waals surface area contributed by atoms with E-state index in [0.29, 0.717) is 35.5 Å². The number of fused-ring (bicyclic) bond motifs is 2. The van der Waals surface area contributed by atoms with Crippen molar-refractivity contribution in [3.8, 4) is 17.2 Å². The predicted molar refractivity (Wildman–Crippen MR) is 112 cm³/mol. The summed E-state index contributed by atoms with van der Waals surface area (Å²) in [6, 6.07) is 11.4. The molecule has 0 aliphatic carbocycles. The second-order valence-electron chi connectivity index (χ2n) is 7.72. The normalized spacial score (nSPS) is 18.1. The van der Waals surface area contributed by atoms with E-state index in [4.69, 9.17) is 14.2 Å². The maximum Gasteiger partial charge on any atom is 0.257 e. The molecule has 156 valence electrons. The van der Waals surface area contributed by atoms with Crippen LogP contribution in [-0.4, -0.2) is 54.0 Å². The van der Waals surface area contributed by atoms with Crippen molar-refractivity contribution in [3.05, 3.63) is 42.0 Å². The van der Waals surface area contributed by atoms with Crippen LogP contribution in [0.3, 0.4) is 0 Å². The first kappa shape index (κ1) is 18.7. The molecule has 8 heteroatoms. The van der Waals surface area contributed by atoms with E-state index in [1.54, 1.807) is 18.2 Å². The van der Waals surface area contributed by atoms with Crippen LogP contribution in [0, 0.1) is 0 Å². The lowest BCUT2D eigenvalue weighted by molar-refractivity contribution is 0.102. The highest BCUT2D eigenvalue weighted by atomic mass is 16.7. The van der Waals surface area contributed by atoms with Crippen molar-refractivity contribution in [1.82, 2.24) is 15.1 Å². The summed E-state index contributed by atoms with van der Waals surface area (Å²) >= 11 is 0. The van der Waals surface area contributed by atoms with E-state index in [-0.39, 0.29) is 12.7 Å². The number of carbonyl (C=O) groups excluding carboxylic acids is 1. The second kappa shape index (κ2) is 7.87. The van der Waals surface area contributed by atoms with Crippen molar-refractivity contribution in [2.75, 3.05) is 32.3 Å². The molecule has 8 nitrogen and oxygen atoms in total. The summed E-state index contributed by atoms with van der Waals surface area (Å²) in [5.41, 5.74) is 1.29. The Morgan fingerprint density at radius 1 is 1.27 bits per heavy atom. The monoisotopic (exact) mass is 408 g/mol. The van der Waals surface area contributed by atoms with Gasteiger partial charge in [0.2, 0.25) is 6.79 Å². The lowest BCUT2D eigenvalue weighted by Gasteiger charge is -2.19. The Morgan fingerprint density at radius 3 is 3.03 bits per heavy atom. The van der Waals surface area contributed by atoms with E-state index >= 15 is 0 Å². The first-order valence-corrected chi connectivity index (χ1v) is 10.2. The van der Waals surface area contributed by atoms with Crippen LogP contribution >= 0.6 is 0 Å². The van der Waals surface area contributed by atoms with E-state index in [1.807, 2.05) is 18.2 Å². The number of H-pyrrole nitrogens is 1. The highest BCUT2D eigenvalue weighted by molar-refractivity contribution is 6.08. The van der Waals surface area contributed by atoms with Crippen molar-refractivity contribution in [3.63, 3.8) is 0 Å². The number of carbonyl (C=O) groups is 1. The summed E-state index contributed by atoms with van der Waals surface area (Å²) < 4.78 is 16.6. The second-order valence-corrected chi connectivity index (χ2v) is 7.72. The van der Waals surface area contributed by atoms with Crippen LogP contribution in [0.1, 0.15) is 29.6 Å². The summed E-state index contributed by atoms with van der Waals surface area (Å²) in [5.74, 6) is 2.22. The third-order valence-electron chi connectivity index (χ3n) is 5.79. The molecule has 2 aromatic carbocycles. The number of benzene rings is 2. The number of rotatable bonds is 6. The van der Waals surface area contributed by atoms with Crippen LogP contribution in [0.15, 0.2) is 36.4 Å². The van der Waals surface area contributed by atoms with Crippen molar-refractivity contribution in [2.24, 2.45) is 0 Å². The molecular weight excluding hydrogens is 384 g/mol. The lowest BCUT2D eigenvalue weighted by atomic mass is 10.1. The molecular formula is C22H24N4O4. The largest absolute Gasteiger partial charge is 0.493 e. The number of ether oxygens (including phenoxy) is 3. The quantitative estimate of drug-likeness (QED) is 0.650. The minimum Gasteiger partial charge on any atom is -0.493 e. The minimum absolute atomic E-state index is 0.173. The number of nitrogens with zero attached hydrogens (tertiary/aromatic N) is 2. The van der Waals surface area contributed by atoms with Crippen LogP contribution in [0.2, 0.25) is 0 Å². The fraction of sp³-hybridized carbons (Fsp3) is 0.364. The number of hydrogen-bond acceptors (Lipinski definition) is 6. The molecule has 2 aliphatic heterocycles. The van der Waals surface area contributed by atoms with Crippen LogP contribution in [0.4, 0.5) is 5.82 Å². The van der Waals surface area contributed by atoms with E-state index < -0.39 is 0 Å². The van der Waals surface area contributed by atoms with Gasteiger partial charge in [-0.2, -0.15) is 5.10 Å². The molecule has 2 aliphatic rings. The third-order valence-corrected chi connectivity index (χ3v) is 5.79. The average Bonchev–Trinajstić information content (AvgIpc) is 3.48. The fourth-order valence-electron chi connectivity index (χ4n) is 4.06. The molecule has 3 aromatic rings. The third kappa shape index (κ3) is 3.66. The zero-order chi connectivity index (χ0) is 20.5. The van der Waals surface area contributed by atoms with Gasteiger partial charge in [-0.25, -0.2) is 0 Å². The highest BCUT2D eigenvalue weighted by Crippen LogP contribution is 2.33. The SMILES string of the molecule is CN1CCCC1CCOc1ccc2c(NC(=O)c3ccc4c(c3)OCO4)n[nH]c2c1. The maximum atomic E-state index is 12.6. The molecule has 2 N–H and O–H groups in total. The van der Waals surface area contributed by atoms with Crippen LogP contribution in [0.25, 0.3) is 10.9 Å². The Hall–Kier alpha value is -3.26. The number of amides is 1. The van der Waals surface area contributed by atoms with Crippen LogP contribution < -0.4 is 19.5 Å². The average molecular weight is 408 g/mol. The molecule has 1 saturated heterocycles. The summed E-state index contributed by atoms with van der Waals surface area (Å²) in [5, 5.41) is 10.9. The first-order chi connectivity index (χ1) is 14.7. The number of likely N-dealkylation sites (tertiary alicyclic amines) is 1. The Labute approximate surface area is 174 Å². The predicted octanol–water partition coefficient (Wildman–Crippen LogP) is 3.41. The van der Waals surface area contributed by atoms with Gasteiger partial charge in [0, 0.05) is 23.1 Å². The summed E-state index contributed by atoms with van der Waals surface area (Å²) in [7, 11) is 2.17. The molecule has 3 heterocycles. The van der Waals surface area contributed by atoms with Gasteiger partial charge in [0.25, 0.3) is 5.91 Å². The zero-order valence-corrected chi connectivity index (χ0v) is 16.8. The van der Waals surface area contributed by atoms with Crippen molar-refractivity contribution >= 4 is 22.6 Å². The van der Waals surface area contributed by atoms with Gasteiger partial charge >= 0.3 is 0 Å². The Morgan fingerprint density at radius 2 is 2.17 bits per heavy atom. The summed E-state index contributed by atoms with van der Waals surface area (Å²) in [4.78, 5) is 15.0. The van der Waals surface area contributed by atoms with Gasteiger partial charge in [-0.15, -0.1) is 0 Å². The van der Waals surface area contributed by atoms with Gasteiger partial charge in [0.1, 0.15) is 5.75 Å². The van der Waals surface area contributed by atoms with E-state index in [2.05, 4.69) is 27.5 Å². The van der Waals surface area contributed by atoms with Gasteiger partial charge < -0.3 is 24.4 Å². The van der Waals surface area contributed by atoms with Gasteiger partial charge in [-0.1, -0.05) is 0 Å². The molecule has 0 radical (unpaired) electrons. The summed E-state index contributed by atoms with van der Waals surface area (Å²) in [6.07, 6.45) is 3.53. The first-order valence-electron chi connectivity index (χ1n) is 10.2. The lowest BCUT2D eigenvalue weighted by Crippen LogP contribution is -2.26. The number of nitrogens with one attached hydrogen (secondary N) is 2. The van der Waals surface area contributed by atoms with Crippen molar-refractivity contribution in [2.45, 2.75) is 25.3 Å². The summed E-state index contributed by atoms with van der Waals surface area (Å²) in [6.45, 7) is 2.03. The molecule has 1 aromatic heterocycles. The molecule has 1 atom stereocenters. The number of hydrogen-bond donors (Lipinski definition) is 2. The molecule has 1 unspecified atom stereocenters. The van der Waals surface area contributed by atoms with E-state index in [1.165, 1.54) is 19.4 Å². The highest BCUT2D eigenvalue weighted by Gasteiger charge is 2.21. The molecule has 1 amide bonds. The Balaban J connectivity index is 1.24. The topological polar surface area (TPSA) is 88.7 Å². The van der Waals surface area contributed by atoms with Crippen molar-refractivity contribution in [1.29, 1.82) is 0 Å². The van der Waals surface area contributed by atoms with Crippen LogP contribution in [0.5, 0.6) is 17.2 Å². The molecule has 0 bridgehead atoms. The number of anilines is 1. The van der Waals surface area contributed by atoms with Crippen molar-refractivity contribution < 1.29 is 19.0 Å². The van der Waals surface area contributed by atoms with E-state index in [0.717, 1.165) is 23.1 Å².